The van der Waals surface area contributed by atoms with E-state index in [4.69, 9.17) is 0 Å². The molecule has 1 aromatic heterocycles. The molecule has 0 bridgehead atoms. The Morgan fingerprint density at radius 1 is 1.38 bits per heavy atom. The number of carboxylic acids is 1. The van der Waals surface area contributed by atoms with Crippen molar-refractivity contribution in [3.05, 3.63) is 36.0 Å². The SMILES string of the molecule is CCCCN(c1nc(C(=O)O)cc2ccccc12)C1CC1. The lowest BCUT2D eigenvalue weighted by atomic mass is 10.1. The summed E-state index contributed by atoms with van der Waals surface area (Å²) in [5, 5.41) is 11.3. The van der Waals surface area contributed by atoms with Crippen LogP contribution in [0.15, 0.2) is 30.3 Å². The van der Waals surface area contributed by atoms with E-state index in [1.807, 2.05) is 24.3 Å². The molecule has 110 valence electrons. The minimum Gasteiger partial charge on any atom is -0.477 e. The first kappa shape index (κ1) is 13.9. The molecule has 0 amide bonds. The summed E-state index contributed by atoms with van der Waals surface area (Å²) in [5.41, 5.74) is 0.130. The molecule has 1 aromatic carbocycles. The van der Waals surface area contributed by atoms with Gasteiger partial charge in [0.05, 0.1) is 0 Å². The maximum atomic E-state index is 11.3. The second kappa shape index (κ2) is 5.72. The fourth-order valence-electron chi connectivity index (χ4n) is 2.68. The van der Waals surface area contributed by atoms with Crippen molar-refractivity contribution in [2.45, 2.75) is 38.6 Å². The summed E-state index contributed by atoms with van der Waals surface area (Å²) in [6.07, 6.45) is 4.58. The van der Waals surface area contributed by atoms with E-state index in [0.29, 0.717) is 6.04 Å². The van der Waals surface area contributed by atoms with Gasteiger partial charge >= 0.3 is 5.97 Å². The van der Waals surface area contributed by atoms with Crippen LogP contribution in [0.3, 0.4) is 0 Å². The van der Waals surface area contributed by atoms with Gasteiger partial charge < -0.3 is 10.0 Å². The molecule has 0 unspecified atom stereocenters. The van der Waals surface area contributed by atoms with Crippen LogP contribution in [-0.4, -0.2) is 28.6 Å². The molecular formula is C17H20N2O2. The van der Waals surface area contributed by atoms with E-state index in [-0.39, 0.29) is 5.69 Å². The van der Waals surface area contributed by atoms with Gasteiger partial charge in [0.15, 0.2) is 5.69 Å². The van der Waals surface area contributed by atoms with Crippen LogP contribution in [0, 0.1) is 0 Å². The second-order valence-corrected chi connectivity index (χ2v) is 5.64. The molecule has 21 heavy (non-hydrogen) atoms. The first-order valence-corrected chi connectivity index (χ1v) is 7.60. The Morgan fingerprint density at radius 3 is 2.81 bits per heavy atom. The number of aromatic carboxylic acids is 1. The van der Waals surface area contributed by atoms with Crippen molar-refractivity contribution in [2.75, 3.05) is 11.4 Å². The van der Waals surface area contributed by atoms with Gasteiger partial charge in [-0.05, 0) is 30.7 Å². The van der Waals surface area contributed by atoms with Gasteiger partial charge in [0.25, 0.3) is 0 Å². The molecule has 1 heterocycles. The minimum absolute atomic E-state index is 0.130. The minimum atomic E-state index is -0.965. The molecule has 1 fully saturated rings. The summed E-state index contributed by atoms with van der Waals surface area (Å²) in [5.74, 6) is -0.130. The number of anilines is 1. The van der Waals surface area contributed by atoms with Crippen molar-refractivity contribution in [2.24, 2.45) is 0 Å². The molecular weight excluding hydrogens is 264 g/mol. The topological polar surface area (TPSA) is 53.4 Å². The molecule has 1 saturated carbocycles. The van der Waals surface area contributed by atoms with E-state index < -0.39 is 5.97 Å². The highest BCUT2D eigenvalue weighted by molar-refractivity contribution is 5.98. The van der Waals surface area contributed by atoms with E-state index >= 15 is 0 Å². The third kappa shape index (κ3) is 2.84. The van der Waals surface area contributed by atoms with Gasteiger partial charge in [0.1, 0.15) is 5.82 Å². The number of aromatic nitrogens is 1. The largest absolute Gasteiger partial charge is 0.477 e. The Morgan fingerprint density at radius 2 is 2.14 bits per heavy atom. The van der Waals surface area contributed by atoms with Gasteiger partial charge in [-0.1, -0.05) is 37.6 Å². The fraction of sp³-hybridized carbons (Fsp3) is 0.412. The van der Waals surface area contributed by atoms with Crippen molar-refractivity contribution >= 4 is 22.6 Å². The zero-order valence-corrected chi connectivity index (χ0v) is 12.2. The van der Waals surface area contributed by atoms with Gasteiger partial charge in [-0.15, -0.1) is 0 Å². The van der Waals surface area contributed by atoms with E-state index in [0.717, 1.165) is 36.0 Å². The standard InChI is InChI=1S/C17H20N2O2/c1-2-3-10-19(13-8-9-13)16-14-7-5-4-6-12(14)11-15(18-16)17(20)21/h4-7,11,13H,2-3,8-10H2,1H3,(H,20,21). The molecule has 0 aliphatic heterocycles. The predicted molar refractivity (Wildman–Crippen MR) is 84.0 cm³/mol. The lowest BCUT2D eigenvalue weighted by Gasteiger charge is -2.25. The molecule has 1 aliphatic rings. The normalized spacial score (nSPS) is 14.3. The van der Waals surface area contributed by atoms with Crippen LogP contribution in [0.2, 0.25) is 0 Å². The Kier molecular flexibility index (Phi) is 3.78. The van der Waals surface area contributed by atoms with Crippen molar-refractivity contribution in [3.8, 4) is 0 Å². The van der Waals surface area contributed by atoms with Crippen molar-refractivity contribution in [3.63, 3.8) is 0 Å². The maximum absolute atomic E-state index is 11.3. The number of rotatable bonds is 6. The predicted octanol–water partition coefficient (Wildman–Crippen LogP) is 3.70. The molecule has 0 radical (unpaired) electrons. The van der Waals surface area contributed by atoms with Crippen molar-refractivity contribution in [1.82, 2.24) is 4.98 Å². The van der Waals surface area contributed by atoms with Gasteiger partial charge in [-0.2, -0.15) is 0 Å². The molecule has 3 rings (SSSR count). The quantitative estimate of drug-likeness (QED) is 0.878. The zero-order valence-electron chi connectivity index (χ0n) is 12.2. The number of fused-ring (bicyclic) bond motifs is 1. The summed E-state index contributed by atoms with van der Waals surface area (Å²) < 4.78 is 0. The lowest BCUT2D eigenvalue weighted by Crippen LogP contribution is -2.28. The molecule has 2 aromatic rings. The Bertz CT molecular complexity index is 665. The molecule has 0 saturated heterocycles. The number of nitrogens with zero attached hydrogens (tertiary/aromatic N) is 2. The third-order valence-corrected chi connectivity index (χ3v) is 3.95. The van der Waals surface area contributed by atoms with E-state index in [9.17, 15) is 9.90 Å². The lowest BCUT2D eigenvalue weighted by molar-refractivity contribution is 0.0691. The van der Waals surface area contributed by atoms with E-state index in [1.54, 1.807) is 6.07 Å². The summed E-state index contributed by atoms with van der Waals surface area (Å²) >= 11 is 0. The summed E-state index contributed by atoms with van der Waals surface area (Å²) in [6, 6.07) is 10.1. The van der Waals surface area contributed by atoms with Crippen LogP contribution in [0.25, 0.3) is 10.8 Å². The molecule has 4 nitrogen and oxygen atoms in total. The first-order chi connectivity index (χ1) is 10.2. The van der Waals surface area contributed by atoms with Crippen LogP contribution in [0.4, 0.5) is 5.82 Å². The molecule has 4 heteroatoms. The van der Waals surface area contributed by atoms with Gasteiger partial charge in [-0.25, -0.2) is 9.78 Å². The van der Waals surface area contributed by atoms with Gasteiger partial charge in [-0.3, -0.25) is 0 Å². The first-order valence-electron chi connectivity index (χ1n) is 7.60. The molecule has 0 spiro atoms. The van der Waals surface area contributed by atoms with E-state index in [2.05, 4.69) is 16.8 Å². The average Bonchev–Trinajstić information content (AvgIpc) is 3.32. The van der Waals surface area contributed by atoms with Crippen LogP contribution in [-0.2, 0) is 0 Å². The summed E-state index contributed by atoms with van der Waals surface area (Å²) in [4.78, 5) is 18.1. The second-order valence-electron chi connectivity index (χ2n) is 5.64. The maximum Gasteiger partial charge on any atom is 0.354 e. The Balaban J connectivity index is 2.11. The highest BCUT2D eigenvalue weighted by Gasteiger charge is 2.31. The van der Waals surface area contributed by atoms with Crippen LogP contribution < -0.4 is 4.90 Å². The Labute approximate surface area is 124 Å². The highest BCUT2D eigenvalue weighted by atomic mass is 16.4. The van der Waals surface area contributed by atoms with Gasteiger partial charge in [0.2, 0.25) is 0 Å². The number of hydrogen-bond acceptors (Lipinski definition) is 3. The number of unbranched alkanes of at least 4 members (excludes halogenated alkanes) is 1. The van der Waals surface area contributed by atoms with Gasteiger partial charge in [0, 0.05) is 18.0 Å². The smallest absolute Gasteiger partial charge is 0.354 e. The van der Waals surface area contributed by atoms with E-state index in [1.165, 1.54) is 12.8 Å². The number of hydrogen-bond donors (Lipinski definition) is 1. The number of carbonyl (C=O) groups is 1. The number of carboxylic acid groups (broad SMARTS) is 1. The molecule has 1 aliphatic carbocycles. The van der Waals surface area contributed by atoms with Crippen molar-refractivity contribution in [1.29, 1.82) is 0 Å². The van der Waals surface area contributed by atoms with Crippen LogP contribution in [0.5, 0.6) is 0 Å². The summed E-state index contributed by atoms with van der Waals surface area (Å²) in [6.45, 7) is 3.12. The summed E-state index contributed by atoms with van der Waals surface area (Å²) in [7, 11) is 0. The molecule has 1 N–H and O–H groups in total. The monoisotopic (exact) mass is 284 g/mol. The van der Waals surface area contributed by atoms with Crippen LogP contribution >= 0.6 is 0 Å². The molecule has 0 atom stereocenters. The zero-order chi connectivity index (χ0) is 14.8. The average molecular weight is 284 g/mol. The van der Waals surface area contributed by atoms with Crippen LogP contribution in [0.1, 0.15) is 43.1 Å². The fourth-order valence-corrected chi connectivity index (χ4v) is 2.68. The third-order valence-electron chi connectivity index (χ3n) is 3.95. The van der Waals surface area contributed by atoms with Crippen molar-refractivity contribution < 1.29 is 9.90 Å². The number of pyridine rings is 1. The number of benzene rings is 1. The highest BCUT2D eigenvalue weighted by Crippen LogP contribution is 2.35. The Hall–Kier alpha value is -2.10.